The van der Waals surface area contributed by atoms with Crippen LogP contribution < -0.4 is 4.87 Å². The van der Waals surface area contributed by atoms with Gasteiger partial charge >= 0.3 is 4.87 Å². The van der Waals surface area contributed by atoms with Crippen molar-refractivity contribution >= 4 is 34.9 Å². The lowest BCUT2D eigenvalue weighted by atomic mass is 10.1. The number of allylic oxidation sites excluding steroid dienone is 1. The minimum atomic E-state index is -0.205. The number of hydrogen-bond donors (Lipinski definition) is 1. The van der Waals surface area contributed by atoms with E-state index in [1.165, 1.54) is 10.1 Å². The normalized spacial score (nSPS) is 14.0. The summed E-state index contributed by atoms with van der Waals surface area (Å²) in [4.78, 5) is 17.2. The summed E-state index contributed by atoms with van der Waals surface area (Å²) in [6.45, 7) is 2.17. The van der Waals surface area contributed by atoms with Crippen molar-refractivity contribution < 1.29 is 5.11 Å². The fraction of sp³-hybridized carbons (Fsp3) is 0.182. The van der Waals surface area contributed by atoms with Crippen LogP contribution in [0.1, 0.15) is 35.8 Å². The number of fused-ring (bicyclic) bond motifs is 1. The molecule has 0 saturated carbocycles. The average molecular weight is 376 g/mol. The average Bonchev–Trinajstić information content (AvgIpc) is 3.22. The third kappa shape index (κ3) is 3.38. The van der Waals surface area contributed by atoms with Gasteiger partial charge in [0.25, 0.3) is 0 Å². The Morgan fingerprint density at radius 3 is 2.70 bits per heavy atom. The summed E-state index contributed by atoms with van der Waals surface area (Å²) < 4.78 is 1.36. The molecule has 0 radical (unpaired) electrons. The number of para-hydroxylation sites is 1. The van der Waals surface area contributed by atoms with Gasteiger partial charge in [0.05, 0.1) is 16.3 Å². The summed E-state index contributed by atoms with van der Waals surface area (Å²) in [5, 5.41) is 10.7. The molecule has 0 aliphatic carbocycles. The van der Waals surface area contributed by atoms with E-state index >= 15 is 0 Å². The second-order valence-corrected chi connectivity index (χ2v) is 7.53. The van der Waals surface area contributed by atoms with Crippen LogP contribution in [-0.2, 0) is 6.42 Å². The number of rotatable bonds is 5. The summed E-state index contributed by atoms with van der Waals surface area (Å²) in [6, 6.07) is 15.6. The molecule has 0 spiro atoms. The summed E-state index contributed by atoms with van der Waals surface area (Å²) in [5.74, 6) is -0.0309. The first-order valence-corrected chi connectivity index (χ1v) is 9.88. The maximum atomic E-state index is 12.5. The predicted octanol–water partition coefficient (Wildman–Crippen LogP) is 5.20. The Bertz CT molecular complexity index is 1090. The summed E-state index contributed by atoms with van der Waals surface area (Å²) >= 11 is 1.03. The number of aryl methyl sites for hydroxylation is 1. The Morgan fingerprint density at radius 2 is 1.93 bits per heavy atom. The number of benzene rings is 2. The highest BCUT2D eigenvalue weighted by Crippen LogP contribution is 2.34. The maximum Gasteiger partial charge on any atom is 0.315 e. The number of aliphatic imine (C=N–C) groups is 1. The number of aromatic hydroxyl groups is 1. The van der Waals surface area contributed by atoms with E-state index in [1.54, 1.807) is 6.21 Å². The van der Waals surface area contributed by atoms with Crippen LogP contribution in [0.2, 0.25) is 0 Å². The SMILES string of the molecule is CCCCc1ccc(-n2c(O)c(/C=C3/C=Nc4ccccc43)sc2=O)cc1. The Hall–Kier alpha value is -2.92. The molecule has 1 aliphatic rings. The first-order valence-electron chi connectivity index (χ1n) is 9.06. The van der Waals surface area contributed by atoms with E-state index in [1.807, 2.05) is 54.6 Å². The number of thiazole rings is 1. The van der Waals surface area contributed by atoms with Crippen LogP contribution in [0.15, 0.2) is 58.3 Å². The molecule has 5 heteroatoms. The third-order valence-corrected chi connectivity index (χ3v) is 5.55. The van der Waals surface area contributed by atoms with Gasteiger partial charge in [-0.1, -0.05) is 55.0 Å². The highest BCUT2D eigenvalue weighted by atomic mass is 32.1. The highest BCUT2D eigenvalue weighted by molar-refractivity contribution is 7.10. The second kappa shape index (κ2) is 7.37. The molecule has 0 amide bonds. The topological polar surface area (TPSA) is 54.6 Å². The molecule has 4 rings (SSSR count). The summed E-state index contributed by atoms with van der Waals surface area (Å²) in [6.07, 6.45) is 6.90. The van der Waals surface area contributed by atoms with Gasteiger partial charge in [-0.05, 0) is 42.7 Å². The van der Waals surface area contributed by atoms with Gasteiger partial charge in [0, 0.05) is 17.4 Å². The van der Waals surface area contributed by atoms with Crippen LogP contribution in [0.4, 0.5) is 5.69 Å². The van der Waals surface area contributed by atoms with Gasteiger partial charge in [-0.25, -0.2) is 4.57 Å². The van der Waals surface area contributed by atoms with Gasteiger partial charge in [-0.15, -0.1) is 0 Å². The molecular formula is C22H20N2O2S. The van der Waals surface area contributed by atoms with Crippen LogP contribution >= 0.6 is 11.3 Å². The molecule has 1 aliphatic heterocycles. The van der Waals surface area contributed by atoms with Crippen LogP contribution in [0.3, 0.4) is 0 Å². The largest absolute Gasteiger partial charge is 0.493 e. The number of nitrogens with zero attached hydrogens (tertiary/aromatic N) is 2. The zero-order chi connectivity index (χ0) is 18.8. The predicted molar refractivity (Wildman–Crippen MR) is 113 cm³/mol. The minimum absolute atomic E-state index is 0.0309. The van der Waals surface area contributed by atoms with Crippen molar-refractivity contribution in [2.75, 3.05) is 0 Å². The van der Waals surface area contributed by atoms with E-state index in [-0.39, 0.29) is 10.8 Å². The fourth-order valence-electron chi connectivity index (χ4n) is 3.19. The Balaban J connectivity index is 1.68. The van der Waals surface area contributed by atoms with E-state index in [2.05, 4.69) is 11.9 Å². The van der Waals surface area contributed by atoms with E-state index in [0.717, 1.165) is 47.4 Å². The molecule has 27 heavy (non-hydrogen) atoms. The molecule has 0 fully saturated rings. The van der Waals surface area contributed by atoms with Crippen molar-refractivity contribution in [3.8, 4) is 11.6 Å². The lowest BCUT2D eigenvalue weighted by Gasteiger charge is -2.06. The van der Waals surface area contributed by atoms with Crippen molar-refractivity contribution in [3.05, 3.63) is 74.2 Å². The molecule has 3 aromatic rings. The van der Waals surface area contributed by atoms with Gasteiger partial charge in [-0.2, -0.15) is 0 Å². The quantitative estimate of drug-likeness (QED) is 0.665. The lowest BCUT2D eigenvalue weighted by Crippen LogP contribution is -2.09. The molecule has 0 saturated heterocycles. The maximum absolute atomic E-state index is 12.5. The minimum Gasteiger partial charge on any atom is -0.493 e. The molecule has 2 aromatic carbocycles. The molecule has 0 unspecified atom stereocenters. The molecular weight excluding hydrogens is 356 g/mol. The van der Waals surface area contributed by atoms with Crippen molar-refractivity contribution in [2.24, 2.45) is 4.99 Å². The number of unbranched alkanes of at least 4 members (excludes halogenated alkanes) is 1. The van der Waals surface area contributed by atoms with E-state index < -0.39 is 0 Å². The van der Waals surface area contributed by atoms with Crippen molar-refractivity contribution in [1.82, 2.24) is 4.57 Å². The van der Waals surface area contributed by atoms with Crippen LogP contribution in [-0.4, -0.2) is 15.9 Å². The fourth-order valence-corrected chi connectivity index (χ4v) is 4.03. The molecule has 2 heterocycles. The van der Waals surface area contributed by atoms with E-state index in [4.69, 9.17) is 0 Å². The van der Waals surface area contributed by atoms with Crippen molar-refractivity contribution in [2.45, 2.75) is 26.2 Å². The first-order chi connectivity index (χ1) is 13.2. The standard InChI is InChI=1S/C22H20N2O2S/c1-2-3-6-15-9-11-17(12-10-15)24-21(25)20(27-22(24)26)13-16-14-23-19-8-5-4-7-18(16)19/h4-5,7-14,25H,2-3,6H2,1H3/b16-13-. The molecule has 136 valence electrons. The van der Waals surface area contributed by atoms with Gasteiger partial charge in [0.1, 0.15) is 0 Å². The smallest absolute Gasteiger partial charge is 0.315 e. The van der Waals surface area contributed by atoms with Gasteiger partial charge in [0.2, 0.25) is 5.88 Å². The van der Waals surface area contributed by atoms with Gasteiger partial charge in [0.15, 0.2) is 0 Å². The highest BCUT2D eigenvalue weighted by Gasteiger charge is 2.17. The molecule has 0 bridgehead atoms. The summed E-state index contributed by atoms with van der Waals surface area (Å²) in [5.41, 5.74) is 4.72. The van der Waals surface area contributed by atoms with Crippen molar-refractivity contribution in [1.29, 1.82) is 0 Å². The third-order valence-electron chi connectivity index (χ3n) is 4.67. The van der Waals surface area contributed by atoms with Crippen LogP contribution in [0.5, 0.6) is 5.88 Å². The monoisotopic (exact) mass is 376 g/mol. The molecule has 4 nitrogen and oxygen atoms in total. The Labute approximate surface area is 161 Å². The lowest BCUT2D eigenvalue weighted by molar-refractivity contribution is 0.440. The first kappa shape index (κ1) is 17.5. The van der Waals surface area contributed by atoms with E-state index in [0.29, 0.717) is 10.6 Å². The molecule has 1 N–H and O–H groups in total. The van der Waals surface area contributed by atoms with Crippen LogP contribution in [0, 0.1) is 0 Å². The zero-order valence-electron chi connectivity index (χ0n) is 15.1. The Morgan fingerprint density at radius 1 is 1.15 bits per heavy atom. The van der Waals surface area contributed by atoms with E-state index in [9.17, 15) is 9.90 Å². The summed E-state index contributed by atoms with van der Waals surface area (Å²) in [7, 11) is 0. The molecule has 1 aromatic heterocycles. The number of hydrogen-bond acceptors (Lipinski definition) is 4. The second-order valence-electron chi connectivity index (χ2n) is 6.54. The number of aromatic nitrogens is 1. The van der Waals surface area contributed by atoms with Crippen molar-refractivity contribution in [3.63, 3.8) is 0 Å². The van der Waals surface area contributed by atoms with Gasteiger partial charge < -0.3 is 5.11 Å². The molecule has 0 atom stereocenters. The van der Waals surface area contributed by atoms with Gasteiger partial charge in [-0.3, -0.25) is 9.79 Å². The Kier molecular flexibility index (Phi) is 4.77. The zero-order valence-corrected chi connectivity index (χ0v) is 15.9. The van der Waals surface area contributed by atoms with Crippen LogP contribution in [0.25, 0.3) is 17.3 Å².